The Morgan fingerprint density at radius 2 is 2.13 bits per heavy atom. The first-order valence-electron chi connectivity index (χ1n) is 8.61. The molecule has 0 bridgehead atoms. The van der Waals surface area contributed by atoms with Crippen LogP contribution in [0.15, 0.2) is 30.3 Å². The van der Waals surface area contributed by atoms with Crippen molar-refractivity contribution in [2.45, 2.75) is 44.1 Å². The van der Waals surface area contributed by atoms with E-state index in [9.17, 15) is 4.79 Å². The Morgan fingerprint density at radius 3 is 2.91 bits per heavy atom. The van der Waals surface area contributed by atoms with Crippen molar-refractivity contribution < 1.29 is 9.53 Å². The zero-order valence-electron chi connectivity index (χ0n) is 13.3. The number of ether oxygens (including phenoxy) is 1. The lowest BCUT2D eigenvalue weighted by atomic mass is 10.1. The third-order valence-corrected chi connectivity index (χ3v) is 4.75. The van der Waals surface area contributed by atoms with Gasteiger partial charge in [0.15, 0.2) is 0 Å². The summed E-state index contributed by atoms with van der Waals surface area (Å²) in [6.45, 7) is 1.53. The van der Waals surface area contributed by atoms with Gasteiger partial charge in [0.25, 0.3) is 5.91 Å². The summed E-state index contributed by atoms with van der Waals surface area (Å²) >= 11 is 0. The number of hydrogen-bond donors (Lipinski definition) is 1. The normalized spacial score (nSPS) is 20.8. The highest BCUT2D eigenvalue weighted by Gasteiger charge is 2.27. The van der Waals surface area contributed by atoms with Crippen LogP contribution in [-0.4, -0.2) is 30.1 Å². The number of benzene rings is 1. The summed E-state index contributed by atoms with van der Waals surface area (Å²) in [7, 11) is 0. The van der Waals surface area contributed by atoms with Gasteiger partial charge < -0.3 is 10.1 Å². The van der Waals surface area contributed by atoms with E-state index in [2.05, 4.69) is 5.32 Å². The summed E-state index contributed by atoms with van der Waals surface area (Å²) in [5.74, 6) is 0.543. The van der Waals surface area contributed by atoms with Crippen LogP contribution in [0.3, 0.4) is 0 Å². The van der Waals surface area contributed by atoms with Crippen LogP contribution in [0.2, 0.25) is 0 Å². The van der Waals surface area contributed by atoms with Crippen molar-refractivity contribution >= 4 is 16.8 Å². The first-order chi connectivity index (χ1) is 11.3. The SMILES string of the molecule is O=C(NCCC1CCCO1)c1cc(C2CC2)nc2ccccc12. The molecule has 2 aliphatic rings. The molecule has 120 valence electrons. The molecular weight excluding hydrogens is 288 g/mol. The predicted molar refractivity (Wildman–Crippen MR) is 89.6 cm³/mol. The second kappa shape index (κ2) is 6.28. The molecule has 1 saturated carbocycles. The molecule has 1 aliphatic carbocycles. The number of rotatable bonds is 5. The van der Waals surface area contributed by atoms with Crippen molar-refractivity contribution in [3.8, 4) is 0 Å². The quantitative estimate of drug-likeness (QED) is 0.920. The molecule has 1 N–H and O–H groups in total. The van der Waals surface area contributed by atoms with Gasteiger partial charge in [-0.05, 0) is 44.2 Å². The van der Waals surface area contributed by atoms with Gasteiger partial charge in [-0.25, -0.2) is 0 Å². The zero-order valence-corrected chi connectivity index (χ0v) is 13.3. The highest BCUT2D eigenvalue weighted by molar-refractivity contribution is 6.06. The molecule has 1 aliphatic heterocycles. The third-order valence-electron chi connectivity index (χ3n) is 4.75. The van der Waals surface area contributed by atoms with Gasteiger partial charge in [-0.15, -0.1) is 0 Å². The van der Waals surface area contributed by atoms with E-state index in [0.717, 1.165) is 48.0 Å². The second-order valence-electron chi connectivity index (χ2n) is 6.57. The van der Waals surface area contributed by atoms with E-state index in [1.54, 1.807) is 0 Å². The molecular formula is C19H22N2O2. The maximum atomic E-state index is 12.6. The number of fused-ring (bicyclic) bond motifs is 1. The molecule has 1 atom stereocenters. The first-order valence-corrected chi connectivity index (χ1v) is 8.61. The molecule has 1 aromatic heterocycles. The van der Waals surface area contributed by atoms with Crippen LogP contribution < -0.4 is 5.32 Å². The summed E-state index contributed by atoms with van der Waals surface area (Å²) in [5, 5.41) is 3.99. The minimum Gasteiger partial charge on any atom is -0.378 e. The van der Waals surface area contributed by atoms with Crippen LogP contribution in [0, 0.1) is 0 Å². The minimum atomic E-state index is 0.00324. The van der Waals surface area contributed by atoms with E-state index in [0.29, 0.717) is 18.6 Å². The number of nitrogens with one attached hydrogen (secondary N) is 1. The van der Waals surface area contributed by atoms with Crippen LogP contribution in [0.5, 0.6) is 0 Å². The number of para-hydroxylation sites is 1. The van der Waals surface area contributed by atoms with Crippen molar-refractivity contribution in [3.05, 3.63) is 41.6 Å². The van der Waals surface area contributed by atoms with Crippen molar-refractivity contribution in [1.82, 2.24) is 10.3 Å². The topological polar surface area (TPSA) is 51.2 Å². The number of aromatic nitrogens is 1. The Balaban J connectivity index is 1.52. The molecule has 1 saturated heterocycles. The van der Waals surface area contributed by atoms with Crippen molar-refractivity contribution in [2.75, 3.05) is 13.2 Å². The molecule has 2 aromatic rings. The van der Waals surface area contributed by atoms with Gasteiger partial charge in [-0.1, -0.05) is 18.2 Å². The molecule has 1 amide bonds. The summed E-state index contributed by atoms with van der Waals surface area (Å²) in [5.41, 5.74) is 2.74. The Morgan fingerprint density at radius 1 is 1.26 bits per heavy atom. The Kier molecular flexibility index (Phi) is 4.00. The molecule has 23 heavy (non-hydrogen) atoms. The average Bonchev–Trinajstić information content (AvgIpc) is 3.31. The first kappa shape index (κ1) is 14.6. The number of amides is 1. The number of pyridine rings is 1. The van der Waals surface area contributed by atoms with Gasteiger partial charge in [-0.3, -0.25) is 9.78 Å². The third kappa shape index (κ3) is 3.22. The van der Waals surface area contributed by atoms with Crippen molar-refractivity contribution in [1.29, 1.82) is 0 Å². The van der Waals surface area contributed by atoms with Gasteiger partial charge in [0.1, 0.15) is 0 Å². The molecule has 1 unspecified atom stereocenters. The molecule has 1 aromatic carbocycles. The van der Waals surface area contributed by atoms with E-state index in [1.807, 2.05) is 30.3 Å². The predicted octanol–water partition coefficient (Wildman–Crippen LogP) is 3.41. The maximum absolute atomic E-state index is 12.6. The highest BCUT2D eigenvalue weighted by Crippen LogP contribution is 2.40. The fourth-order valence-corrected chi connectivity index (χ4v) is 3.29. The fourth-order valence-electron chi connectivity index (χ4n) is 3.29. The standard InChI is InChI=1S/C19H22N2O2/c22-19(20-10-9-14-4-3-11-23-14)16-12-18(13-7-8-13)21-17-6-2-1-5-15(16)17/h1-2,5-6,12-14H,3-4,7-11H2,(H,20,22). The van der Waals surface area contributed by atoms with Gasteiger partial charge in [0.2, 0.25) is 0 Å². The molecule has 4 rings (SSSR count). The van der Waals surface area contributed by atoms with E-state index in [4.69, 9.17) is 9.72 Å². The van der Waals surface area contributed by atoms with Crippen LogP contribution in [-0.2, 0) is 4.74 Å². The fraction of sp³-hybridized carbons (Fsp3) is 0.474. The van der Waals surface area contributed by atoms with Crippen LogP contribution in [0.1, 0.15) is 54.1 Å². The van der Waals surface area contributed by atoms with E-state index in [1.165, 1.54) is 12.8 Å². The Bertz CT molecular complexity index is 718. The van der Waals surface area contributed by atoms with E-state index >= 15 is 0 Å². The zero-order chi connectivity index (χ0) is 15.6. The minimum absolute atomic E-state index is 0.00324. The second-order valence-corrected chi connectivity index (χ2v) is 6.57. The monoisotopic (exact) mass is 310 g/mol. The molecule has 2 heterocycles. The summed E-state index contributed by atoms with van der Waals surface area (Å²) < 4.78 is 5.61. The van der Waals surface area contributed by atoms with Crippen LogP contribution >= 0.6 is 0 Å². The number of carbonyl (C=O) groups excluding carboxylic acids is 1. The van der Waals surface area contributed by atoms with Crippen LogP contribution in [0.4, 0.5) is 0 Å². The molecule has 0 spiro atoms. The summed E-state index contributed by atoms with van der Waals surface area (Å²) in [6.07, 6.45) is 5.82. The lowest BCUT2D eigenvalue weighted by molar-refractivity contribution is 0.0908. The Labute approximate surface area is 136 Å². The molecule has 4 nitrogen and oxygen atoms in total. The van der Waals surface area contributed by atoms with Gasteiger partial charge in [-0.2, -0.15) is 0 Å². The smallest absolute Gasteiger partial charge is 0.252 e. The summed E-state index contributed by atoms with van der Waals surface area (Å²) in [6, 6.07) is 9.90. The van der Waals surface area contributed by atoms with Crippen molar-refractivity contribution in [2.24, 2.45) is 0 Å². The summed E-state index contributed by atoms with van der Waals surface area (Å²) in [4.78, 5) is 17.4. The lowest BCUT2D eigenvalue weighted by Gasteiger charge is -2.12. The van der Waals surface area contributed by atoms with Crippen LogP contribution in [0.25, 0.3) is 10.9 Å². The van der Waals surface area contributed by atoms with E-state index < -0.39 is 0 Å². The van der Waals surface area contributed by atoms with Crippen molar-refractivity contribution in [3.63, 3.8) is 0 Å². The lowest BCUT2D eigenvalue weighted by Crippen LogP contribution is -2.27. The van der Waals surface area contributed by atoms with Gasteiger partial charge >= 0.3 is 0 Å². The Hall–Kier alpha value is -1.94. The van der Waals surface area contributed by atoms with Gasteiger partial charge in [0, 0.05) is 30.1 Å². The maximum Gasteiger partial charge on any atom is 0.252 e. The number of carbonyl (C=O) groups is 1. The molecule has 2 fully saturated rings. The van der Waals surface area contributed by atoms with E-state index in [-0.39, 0.29) is 5.91 Å². The number of nitrogens with zero attached hydrogens (tertiary/aromatic N) is 1. The average molecular weight is 310 g/mol. The molecule has 4 heteroatoms. The number of hydrogen-bond acceptors (Lipinski definition) is 3. The molecule has 0 radical (unpaired) electrons. The van der Waals surface area contributed by atoms with Gasteiger partial charge in [0.05, 0.1) is 17.2 Å². The largest absolute Gasteiger partial charge is 0.378 e. The highest BCUT2D eigenvalue weighted by atomic mass is 16.5.